The second-order valence-electron chi connectivity index (χ2n) is 6.27. The van der Waals surface area contributed by atoms with Crippen molar-refractivity contribution in [1.29, 1.82) is 0 Å². The molecule has 0 saturated carbocycles. The van der Waals surface area contributed by atoms with Gasteiger partial charge in [0.05, 0.1) is 11.9 Å². The standard InChI is InChI=1S/C20H24N2O4S/c1-4-21(14-17-8-6-5-7-9-17)20(24)15-22(27(3,25)26)19-12-10-18(11-13-19)16(2)23/h5-13H,4,14-15H2,1-3H3. The van der Waals surface area contributed by atoms with Crippen LogP contribution in [0.15, 0.2) is 54.6 Å². The van der Waals surface area contributed by atoms with Crippen LogP contribution >= 0.6 is 0 Å². The fraction of sp³-hybridized carbons (Fsp3) is 0.300. The van der Waals surface area contributed by atoms with Gasteiger partial charge in [0.15, 0.2) is 5.78 Å². The number of benzene rings is 2. The minimum atomic E-state index is -3.66. The number of hydrogen-bond donors (Lipinski definition) is 0. The molecule has 0 radical (unpaired) electrons. The SMILES string of the molecule is CCN(Cc1ccccc1)C(=O)CN(c1ccc(C(C)=O)cc1)S(C)(=O)=O. The first kappa shape index (κ1) is 20.6. The van der Waals surface area contributed by atoms with E-state index in [9.17, 15) is 18.0 Å². The molecule has 0 heterocycles. The summed E-state index contributed by atoms with van der Waals surface area (Å²) < 4.78 is 25.5. The first-order chi connectivity index (χ1) is 12.7. The molecule has 0 spiro atoms. The minimum absolute atomic E-state index is 0.108. The van der Waals surface area contributed by atoms with Crippen LogP contribution in [0.25, 0.3) is 0 Å². The van der Waals surface area contributed by atoms with E-state index in [2.05, 4.69) is 0 Å². The smallest absolute Gasteiger partial charge is 0.243 e. The largest absolute Gasteiger partial charge is 0.337 e. The van der Waals surface area contributed by atoms with Gasteiger partial charge in [0.25, 0.3) is 0 Å². The zero-order valence-corrected chi connectivity index (χ0v) is 16.6. The van der Waals surface area contributed by atoms with Crippen LogP contribution < -0.4 is 4.31 Å². The van der Waals surface area contributed by atoms with E-state index in [0.29, 0.717) is 24.3 Å². The van der Waals surface area contributed by atoms with E-state index in [1.165, 1.54) is 6.92 Å². The van der Waals surface area contributed by atoms with E-state index in [-0.39, 0.29) is 18.2 Å². The Kier molecular flexibility index (Phi) is 6.74. The van der Waals surface area contributed by atoms with Crippen molar-refractivity contribution in [2.45, 2.75) is 20.4 Å². The number of carbonyl (C=O) groups excluding carboxylic acids is 2. The summed E-state index contributed by atoms with van der Waals surface area (Å²) >= 11 is 0. The Hall–Kier alpha value is -2.67. The molecule has 27 heavy (non-hydrogen) atoms. The summed E-state index contributed by atoms with van der Waals surface area (Å²) in [5.74, 6) is -0.397. The number of rotatable bonds is 8. The number of amides is 1. The lowest BCUT2D eigenvalue weighted by atomic mass is 10.1. The molecule has 144 valence electrons. The Bertz CT molecular complexity index is 893. The molecular formula is C20H24N2O4S. The van der Waals surface area contributed by atoms with Crippen LogP contribution in [0.5, 0.6) is 0 Å². The van der Waals surface area contributed by atoms with Gasteiger partial charge in [0.2, 0.25) is 15.9 Å². The first-order valence-electron chi connectivity index (χ1n) is 8.62. The Morgan fingerprint density at radius 1 is 0.963 bits per heavy atom. The van der Waals surface area contributed by atoms with Gasteiger partial charge < -0.3 is 4.90 Å². The fourth-order valence-electron chi connectivity index (χ4n) is 2.67. The van der Waals surface area contributed by atoms with Gasteiger partial charge in [-0.2, -0.15) is 0 Å². The molecule has 0 aliphatic rings. The quantitative estimate of drug-likeness (QED) is 0.652. The maximum Gasteiger partial charge on any atom is 0.243 e. The van der Waals surface area contributed by atoms with E-state index >= 15 is 0 Å². The Balaban J connectivity index is 2.22. The van der Waals surface area contributed by atoms with Crippen LogP contribution in [0.1, 0.15) is 29.8 Å². The van der Waals surface area contributed by atoms with Gasteiger partial charge in [0.1, 0.15) is 6.54 Å². The number of Topliss-reactive ketones (excluding diaryl/α,β-unsaturated/α-hetero) is 1. The lowest BCUT2D eigenvalue weighted by Crippen LogP contribution is -2.42. The van der Waals surface area contributed by atoms with Gasteiger partial charge in [-0.15, -0.1) is 0 Å². The van der Waals surface area contributed by atoms with Crippen molar-refractivity contribution >= 4 is 27.4 Å². The monoisotopic (exact) mass is 388 g/mol. The predicted molar refractivity (Wildman–Crippen MR) is 106 cm³/mol. The van der Waals surface area contributed by atoms with Crippen molar-refractivity contribution in [3.05, 3.63) is 65.7 Å². The molecule has 0 aromatic heterocycles. The molecule has 2 rings (SSSR count). The highest BCUT2D eigenvalue weighted by atomic mass is 32.2. The lowest BCUT2D eigenvalue weighted by Gasteiger charge is -2.27. The van der Waals surface area contributed by atoms with Crippen molar-refractivity contribution in [3.63, 3.8) is 0 Å². The molecule has 0 aliphatic heterocycles. The summed E-state index contributed by atoms with van der Waals surface area (Å²) in [5.41, 5.74) is 1.81. The highest BCUT2D eigenvalue weighted by Gasteiger charge is 2.23. The summed E-state index contributed by atoms with van der Waals surface area (Å²) in [7, 11) is -3.66. The number of sulfonamides is 1. The topological polar surface area (TPSA) is 74.8 Å². The molecule has 6 nitrogen and oxygen atoms in total. The third-order valence-electron chi connectivity index (χ3n) is 4.19. The van der Waals surface area contributed by atoms with E-state index < -0.39 is 10.0 Å². The van der Waals surface area contributed by atoms with Crippen molar-refractivity contribution < 1.29 is 18.0 Å². The molecule has 0 bridgehead atoms. The highest BCUT2D eigenvalue weighted by molar-refractivity contribution is 7.92. The number of likely N-dealkylation sites (N-methyl/N-ethyl adjacent to an activating group) is 1. The summed E-state index contributed by atoms with van der Waals surface area (Å²) in [5, 5.41) is 0. The average Bonchev–Trinajstić information content (AvgIpc) is 2.64. The zero-order chi connectivity index (χ0) is 20.0. The summed E-state index contributed by atoms with van der Waals surface area (Å²) in [6, 6.07) is 15.7. The fourth-order valence-corrected chi connectivity index (χ4v) is 3.52. The van der Waals surface area contributed by atoms with E-state index in [1.807, 2.05) is 37.3 Å². The Labute approximate surface area is 160 Å². The van der Waals surface area contributed by atoms with Crippen LogP contribution in [-0.4, -0.2) is 44.4 Å². The van der Waals surface area contributed by atoms with Crippen molar-refractivity contribution in [2.75, 3.05) is 23.7 Å². The first-order valence-corrected chi connectivity index (χ1v) is 10.5. The molecule has 2 aromatic rings. The lowest BCUT2D eigenvalue weighted by molar-refractivity contribution is -0.129. The van der Waals surface area contributed by atoms with Crippen LogP contribution in [-0.2, 0) is 21.4 Å². The van der Waals surface area contributed by atoms with Crippen LogP contribution in [0.4, 0.5) is 5.69 Å². The second kappa shape index (κ2) is 8.81. The molecule has 0 aliphatic carbocycles. The maximum absolute atomic E-state index is 12.7. The van der Waals surface area contributed by atoms with Crippen molar-refractivity contribution in [1.82, 2.24) is 4.90 Å². The summed E-state index contributed by atoms with van der Waals surface area (Å²) in [4.78, 5) is 25.8. The second-order valence-corrected chi connectivity index (χ2v) is 8.17. The van der Waals surface area contributed by atoms with Gasteiger partial charge >= 0.3 is 0 Å². The number of ketones is 1. The maximum atomic E-state index is 12.7. The molecule has 7 heteroatoms. The zero-order valence-electron chi connectivity index (χ0n) is 15.8. The molecular weight excluding hydrogens is 364 g/mol. The van der Waals surface area contributed by atoms with Crippen molar-refractivity contribution in [3.8, 4) is 0 Å². The molecule has 0 fully saturated rings. The molecule has 0 saturated heterocycles. The molecule has 1 amide bonds. The van der Waals surface area contributed by atoms with Crippen LogP contribution in [0.2, 0.25) is 0 Å². The number of nitrogens with zero attached hydrogens (tertiary/aromatic N) is 2. The van der Waals surface area contributed by atoms with Gasteiger partial charge in [-0.3, -0.25) is 13.9 Å². The number of anilines is 1. The van der Waals surface area contributed by atoms with Gasteiger partial charge in [0, 0.05) is 18.7 Å². The molecule has 0 atom stereocenters. The minimum Gasteiger partial charge on any atom is -0.337 e. The average molecular weight is 388 g/mol. The van der Waals surface area contributed by atoms with E-state index in [1.54, 1.807) is 29.2 Å². The van der Waals surface area contributed by atoms with E-state index in [0.717, 1.165) is 16.1 Å². The third kappa shape index (κ3) is 5.65. The number of hydrogen-bond acceptors (Lipinski definition) is 4. The normalized spacial score (nSPS) is 11.1. The molecule has 0 N–H and O–H groups in total. The van der Waals surface area contributed by atoms with E-state index in [4.69, 9.17) is 0 Å². The van der Waals surface area contributed by atoms with Crippen LogP contribution in [0, 0.1) is 0 Å². The highest BCUT2D eigenvalue weighted by Crippen LogP contribution is 2.19. The Morgan fingerprint density at radius 3 is 2.04 bits per heavy atom. The summed E-state index contributed by atoms with van der Waals surface area (Å²) in [6.07, 6.45) is 1.06. The van der Waals surface area contributed by atoms with Crippen molar-refractivity contribution in [2.24, 2.45) is 0 Å². The Morgan fingerprint density at radius 2 is 1.56 bits per heavy atom. The van der Waals surface area contributed by atoms with Crippen LogP contribution in [0.3, 0.4) is 0 Å². The molecule has 0 unspecified atom stereocenters. The number of carbonyl (C=O) groups is 2. The summed E-state index contributed by atoms with van der Waals surface area (Å²) in [6.45, 7) is 3.88. The van der Waals surface area contributed by atoms with Gasteiger partial charge in [-0.1, -0.05) is 30.3 Å². The van der Waals surface area contributed by atoms with Gasteiger partial charge in [-0.05, 0) is 43.7 Å². The third-order valence-corrected chi connectivity index (χ3v) is 5.33. The predicted octanol–water partition coefficient (Wildman–Crippen LogP) is 2.70. The molecule has 2 aromatic carbocycles. The van der Waals surface area contributed by atoms with Gasteiger partial charge in [-0.25, -0.2) is 8.42 Å².